The molecular formula is C19H38N2O2S2. The van der Waals surface area contributed by atoms with E-state index in [9.17, 15) is 4.79 Å². The Balaban J connectivity index is 3.47. The summed E-state index contributed by atoms with van der Waals surface area (Å²) in [4.78, 5) is 11.6. The van der Waals surface area contributed by atoms with Crippen LogP contribution in [0.5, 0.6) is 0 Å². The van der Waals surface area contributed by atoms with E-state index < -0.39 is 0 Å². The Morgan fingerprint density at radius 1 is 1.20 bits per heavy atom. The molecule has 0 saturated carbocycles. The molecule has 0 aliphatic carbocycles. The fourth-order valence-electron chi connectivity index (χ4n) is 1.85. The SMILES string of the molecule is CC(C)/C=C/CNC(=O)CCCCOCSSC(C)(C)CNC(C)C. The normalized spacial score (nSPS) is 12.5. The van der Waals surface area contributed by atoms with Crippen molar-refractivity contribution in [2.45, 2.75) is 71.6 Å². The average molecular weight is 391 g/mol. The van der Waals surface area contributed by atoms with Crippen LogP contribution < -0.4 is 10.6 Å². The number of rotatable bonds is 15. The van der Waals surface area contributed by atoms with Crippen LogP contribution in [0.25, 0.3) is 0 Å². The molecule has 0 spiro atoms. The number of amides is 1. The van der Waals surface area contributed by atoms with Crippen molar-refractivity contribution in [3.05, 3.63) is 12.2 Å². The van der Waals surface area contributed by atoms with Crippen LogP contribution >= 0.6 is 21.6 Å². The third-order valence-electron chi connectivity index (χ3n) is 3.23. The van der Waals surface area contributed by atoms with Gasteiger partial charge >= 0.3 is 0 Å². The van der Waals surface area contributed by atoms with Crippen LogP contribution in [-0.2, 0) is 9.53 Å². The molecule has 0 bridgehead atoms. The lowest BCUT2D eigenvalue weighted by Crippen LogP contribution is -2.35. The molecule has 0 aliphatic heterocycles. The quantitative estimate of drug-likeness (QED) is 0.185. The van der Waals surface area contributed by atoms with E-state index in [1.54, 1.807) is 10.8 Å². The highest BCUT2D eigenvalue weighted by atomic mass is 33.1. The molecule has 2 N–H and O–H groups in total. The van der Waals surface area contributed by atoms with Crippen LogP contribution in [0.15, 0.2) is 12.2 Å². The molecule has 0 heterocycles. The summed E-state index contributed by atoms with van der Waals surface area (Å²) in [6.45, 7) is 15.4. The molecule has 25 heavy (non-hydrogen) atoms. The zero-order valence-electron chi connectivity index (χ0n) is 16.9. The number of hydrogen-bond donors (Lipinski definition) is 2. The van der Waals surface area contributed by atoms with Crippen molar-refractivity contribution in [3.63, 3.8) is 0 Å². The van der Waals surface area contributed by atoms with E-state index in [1.165, 1.54) is 0 Å². The Kier molecular flexibility index (Phi) is 14.8. The van der Waals surface area contributed by atoms with E-state index in [1.807, 2.05) is 16.9 Å². The van der Waals surface area contributed by atoms with Gasteiger partial charge in [-0.3, -0.25) is 4.79 Å². The number of carbonyl (C=O) groups is 1. The maximum atomic E-state index is 11.6. The number of hydrogen-bond acceptors (Lipinski definition) is 5. The Morgan fingerprint density at radius 2 is 1.92 bits per heavy atom. The van der Waals surface area contributed by atoms with E-state index in [-0.39, 0.29) is 10.7 Å². The van der Waals surface area contributed by atoms with Gasteiger partial charge in [0.15, 0.2) is 0 Å². The molecule has 0 aromatic carbocycles. The van der Waals surface area contributed by atoms with Gasteiger partial charge in [0.25, 0.3) is 0 Å². The molecule has 0 saturated heterocycles. The molecule has 0 aromatic rings. The molecule has 0 aliphatic rings. The molecule has 0 rings (SSSR count). The van der Waals surface area contributed by atoms with Gasteiger partial charge in [-0.2, -0.15) is 0 Å². The highest BCUT2D eigenvalue weighted by Crippen LogP contribution is 2.35. The first-order valence-electron chi connectivity index (χ1n) is 9.28. The summed E-state index contributed by atoms with van der Waals surface area (Å²) in [5.74, 6) is 1.35. The standard InChI is InChI=1S/C19H38N2O2S2/c1-16(2)10-9-12-20-18(22)11-7-8-13-23-15-24-25-19(5,6)14-21-17(3)4/h9-10,16-17,21H,7-8,11-15H2,1-6H3,(H,20,22)/b10-9+. The summed E-state index contributed by atoms with van der Waals surface area (Å²) in [5, 5.41) is 6.38. The summed E-state index contributed by atoms with van der Waals surface area (Å²) in [5.41, 5.74) is 0. The number of carbonyl (C=O) groups excluding carboxylic acids is 1. The van der Waals surface area contributed by atoms with Gasteiger partial charge < -0.3 is 15.4 Å². The topological polar surface area (TPSA) is 50.4 Å². The maximum Gasteiger partial charge on any atom is 0.220 e. The van der Waals surface area contributed by atoms with Crippen LogP contribution in [-0.4, -0.2) is 42.3 Å². The number of unbranched alkanes of at least 4 members (excludes halogenated alkanes) is 1. The second kappa shape index (κ2) is 14.9. The van der Waals surface area contributed by atoms with E-state index in [0.29, 0.717) is 30.9 Å². The number of nitrogens with one attached hydrogen (secondary N) is 2. The first kappa shape index (κ1) is 24.8. The summed E-state index contributed by atoms with van der Waals surface area (Å²) in [6, 6.07) is 0.518. The zero-order chi connectivity index (χ0) is 19.1. The molecule has 0 unspecified atom stereocenters. The van der Waals surface area contributed by atoms with Gasteiger partial charge in [0.2, 0.25) is 5.91 Å². The molecule has 0 radical (unpaired) electrons. The molecule has 6 heteroatoms. The first-order valence-corrected chi connectivity index (χ1v) is 11.6. The fraction of sp³-hybridized carbons (Fsp3) is 0.842. The van der Waals surface area contributed by atoms with E-state index in [4.69, 9.17) is 4.74 Å². The van der Waals surface area contributed by atoms with E-state index in [2.05, 4.69) is 58.3 Å². The second-order valence-corrected chi connectivity index (χ2v) is 10.4. The minimum atomic E-state index is 0.123. The first-order chi connectivity index (χ1) is 11.7. The van der Waals surface area contributed by atoms with Crippen LogP contribution in [0.1, 0.15) is 60.8 Å². The maximum absolute atomic E-state index is 11.6. The Hall–Kier alpha value is -0.170. The lowest BCUT2D eigenvalue weighted by Gasteiger charge is -2.24. The Bertz CT molecular complexity index is 372. The van der Waals surface area contributed by atoms with Crippen molar-refractivity contribution in [1.29, 1.82) is 0 Å². The summed E-state index contributed by atoms with van der Waals surface area (Å²) in [7, 11) is 3.62. The Morgan fingerprint density at radius 3 is 2.56 bits per heavy atom. The second-order valence-electron chi connectivity index (χ2n) is 7.46. The fourth-order valence-corrected chi connectivity index (χ4v) is 4.02. The largest absolute Gasteiger partial charge is 0.370 e. The van der Waals surface area contributed by atoms with Gasteiger partial charge in [-0.1, -0.05) is 61.4 Å². The van der Waals surface area contributed by atoms with Crippen molar-refractivity contribution in [1.82, 2.24) is 10.6 Å². The number of ether oxygens (including phenoxy) is 1. The third kappa shape index (κ3) is 18.4. The van der Waals surface area contributed by atoms with Gasteiger partial charge in [0.05, 0.1) is 0 Å². The van der Waals surface area contributed by atoms with Crippen molar-refractivity contribution in [2.24, 2.45) is 5.92 Å². The van der Waals surface area contributed by atoms with Crippen molar-refractivity contribution in [2.75, 3.05) is 25.6 Å². The van der Waals surface area contributed by atoms with Crippen molar-refractivity contribution < 1.29 is 9.53 Å². The monoisotopic (exact) mass is 390 g/mol. The Labute approximate surface area is 163 Å². The van der Waals surface area contributed by atoms with Gasteiger partial charge in [0.1, 0.15) is 5.94 Å². The van der Waals surface area contributed by atoms with Crippen LogP contribution in [0.3, 0.4) is 0 Å². The molecule has 4 nitrogen and oxygen atoms in total. The molecule has 0 fully saturated rings. The molecule has 1 amide bonds. The molecular weight excluding hydrogens is 352 g/mol. The van der Waals surface area contributed by atoms with Crippen molar-refractivity contribution >= 4 is 27.5 Å². The van der Waals surface area contributed by atoms with Gasteiger partial charge in [-0.25, -0.2) is 0 Å². The summed E-state index contributed by atoms with van der Waals surface area (Å²) < 4.78 is 5.84. The van der Waals surface area contributed by atoms with Crippen molar-refractivity contribution in [3.8, 4) is 0 Å². The predicted molar refractivity (Wildman–Crippen MR) is 114 cm³/mol. The molecule has 0 atom stereocenters. The van der Waals surface area contributed by atoms with Crippen LogP contribution in [0.2, 0.25) is 0 Å². The minimum absolute atomic E-state index is 0.123. The van der Waals surface area contributed by atoms with Gasteiger partial charge in [-0.15, -0.1) is 0 Å². The summed E-state index contributed by atoms with van der Waals surface area (Å²) >= 11 is 0. The number of allylic oxidation sites excluding steroid dienone is 1. The van der Waals surface area contributed by atoms with Gasteiger partial charge in [0, 0.05) is 36.9 Å². The highest BCUT2D eigenvalue weighted by molar-refractivity contribution is 8.77. The third-order valence-corrected chi connectivity index (χ3v) is 6.20. The highest BCUT2D eigenvalue weighted by Gasteiger charge is 2.18. The van der Waals surface area contributed by atoms with Crippen LogP contribution in [0.4, 0.5) is 0 Å². The lowest BCUT2D eigenvalue weighted by molar-refractivity contribution is -0.121. The van der Waals surface area contributed by atoms with E-state index >= 15 is 0 Å². The summed E-state index contributed by atoms with van der Waals surface area (Å²) in [6.07, 6.45) is 6.50. The zero-order valence-corrected chi connectivity index (χ0v) is 18.5. The smallest absolute Gasteiger partial charge is 0.220 e. The van der Waals surface area contributed by atoms with E-state index in [0.717, 1.165) is 26.0 Å². The predicted octanol–water partition coefficient (Wildman–Crippen LogP) is 4.62. The minimum Gasteiger partial charge on any atom is -0.370 e. The molecule has 148 valence electrons. The average Bonchev–Trinajstić information content (AvgIpc) is 2.52. The molecule has 0 aromatic heterocycles. The van der Waals surface area contributed by atoms with Crippen LogP contribution in [0, 0.1) is 5.92 Å². The lowest BCUT2D eigenvalue weighted by atomic mass is 10.2. The van der Waals surface area contributed by atoms with Gasteiger partial charge in [-0.05, 0) is 32.6 Å².